The Bertz CT molecular complexity index is 838. The van der Waals surface area contributed by atoms with Gasteiger partial charge in [0.05, 0.1) is 0 Å². The number of hydrogen-bond donors (Lipinski definition) is 2. The van der Waals surface area contributed by atoms with E-state index in [1.807, 2.05) is 0 Å². The number of aromatic nitrogens is 2. The lowest BCUT2D eigenvalue weighted by atomic mass is 9.90. The molecule has 3 rings (SSSR count). The fraction of sp³-hybridized carbons (Fsp3) is 0.167. The van der Waals surface area contributed by atoms with Gasteiger partial charge in [0.2, 0.25) is 0 Å². The molecule has 2 N–H and O–H groups in total. The summed E-state index contributed by atoms with van der Waals surface area (Å²) >= 11 is 18.2. The molecule has 1 heterocycles. The maximum absolute atomic E-state index is 11.3. The summed E-state index contributed by atoms with van der Waals surface area (Å²) in [6.45, 7) is -0.0172. The summed E-state index contributed by atoms with van der Waals surface area (Å²) in [7, 11) is 0. The molecule has 0 aliphatic carbocycles. The van der Waals surface area contributed by atoms with E-state index in [2.05, 4.69) is 9.97 Å². The first kappa shape index (κ1) is 18.1. The van der Waals surface area contributed by atoms with Crippen LogP contribution in [0.3, 0.4) is 0 Å². The van der Waals surface area contributed by atoms with E-state index < -0.39 is 5.60 Å². The monoisotopic (exact) mass is 396 g/mol. The molecular formula is C18H15Cl3N2O2. The first-order chi connectivity index (χ1) is 12.0. The van der Waals surface area contributed by atoms with Gasteiger partial charge in [-0.25, -0.2) is 4.98 Å². The summed E-state index contributed by atoms with van der Waals surface area (Å²) in [4.78, 5) is 7.17. The second kappa shape index (κ2) is 7.67. The molecule has 1 aromatic heterocycles. The number of aromatic amines is 1. The molecule has 0 bridgehead atoms. The lowest BCUT2D eigenvalue weighted by molar-refractivity contribution is -0.0107. The second-order valence-electron chi connectivity index (χ2n) is 5.61. The zero-order chi connectivity index (χ0) is 17.9. The molecular weight excluding hydrogens is 383 g/mol. The van der Waals surface area contributed by atoms with Crippen LogP contribution in [-0.4, -0.2) is 21.7 Å². The average Bonchev–Trinajstić information content (AvgIpc) is 3.07. The summed E-state index contributed by atoms with van der Waals surface area (Å²) < 4.78 is 5.77. The van der Waals surface area contributed by atoms with Gasteiger partial charge in [-0.15, -0.1) is 0 Å². The van der Waals surface area contributed by atoms with Crippen molar-refractivity contribution in [2.75, 3.05) is 6.61 Å². The minimum atomic E-state index is -1.39. The highest BCUT2D eigenvalue weighted by molar-refractivity contribution is 6.35. The number of nitrogens with zero attached hydrogens (tertiary/aromatic N) is 1. The molecule has 25 heavy (non-hydrogen) atoms. The van der Waals surface area contributed by atoms with E-state index in [4.69, 9.17) is 39.5 Å². The summed E-state index contributed by atoms with van der Waals surface area (Å²) in [5.41, 5.74) is -0.872. The van der Waals surface area contributed by atoms with E-state index in [1.165, 1.54) is 0 Å². The number of imidazole rings is 1. The molecule has 0 fully saturated rings. The number of benzene rings is 2. The number of rotatable bonds is 6. The Labute approximate surface area is 160 Å². The number of ether oxygens (including phenoxy) is 1. The number of halogens is 3. The minimum Gasteiger partial charge on any atom is -0.490 e. The van der Waals surface area contributed by atoms with E-state index in [0.717, 1.165) is 0 Å². The standard InChI is InChI=1S/C18H15Cl3N2O2/c19-12-1-4-14(5-2-12)25-11-18(24,10-17-22-7-8-23-17)15-6-3-13(20)9-16(15)21/h1-9,24H,10-11H2,(H,22,23). The molecule has 130 valence electrons. The zero-order valence-corrected chi connectivity index (χ0v) is 15.3. The van der Waals surface area contributed by atoms with E-state index in [9.17, 15) is 5.11 Å². The maximum atomic E-state index is 11.3. The fourth-order valence-corrected chi connectivity index (χ4v) is 3.21. The smallest absolute Gasteiger partial charge is 0.132 e. The first-order valence-electron chi connectivity index (χ1n) is 7.51. The highest BCUT2D eigenvalue weighted by atomic mass is 35.5. The molecule has 1 unspecified atom stereocenters. The van der Waals surface area contributed by atoms with Crippen LogP contribution in [0.1, 0.15) is 11.4 Å². The van der Waals surface area contributed by atoms with Crippen molar-refractivity contribution in [3.63, 3.8) is 0 Å². The van der Waals surface area contributed by atoms with Gasteiger partial charge in [-0.2, -0.15) is 0 Å². The predicted octanol–water partition coefficient (Wildman–Crippen LogP) is 4.88. The molecule has 0 amide bonds. The molecule has 0 spiro atoms. The van der Waals surface area contributed by atoms with Crippen molar-refractivity contribution in [3.8, 4) is 5.75 Å². The largest absolute Gasteiger partial charge is 0.490 e. The summed E-state index contributed by atoms with van der Waals surface area (Å²) in [5.74, 6) is 1.21. The fourth-order valence-electron chi connectivity index (χ4n) is 2.50. The summed E-state index contributed by atoms with van der Waals surface area (Å²) in [5, 5.41) is 12.8. The van der Waals surface area contributed by atoms with Gasteiger partial charge < -0.3 is 14.8 Å². The van der Waals surface area contributed by atoms with Crippen LogP contribution in [0.5, 0.6) is 5.75 Å². The van der Waals surface area contributed by atoms with Crippen molar-refractivity contribution in [3.05, 3.63) is 81.3 Å². The quantitative estimate of drug-likeness (QED) is 0.623. The highest BCUT2D eigenvalue weighted by Crippen LogP contribution is 2.33. The molecule has 0 saturated heterocycles. The van der Waals surface area contributed by atoms with Crippen LogP contribution >= 0.6 is 34.8 Å². The van der Waals surface area contributed by atoms with Gasteiger partial charge >= 0.3 is 0 Å². The lowest BCUT2D eigenvalue weighted by Crippen LogP contribution is -2.36. The Morgan fingerprint density at radius 3 is 2.40 bits per heavy atom. The minimum absolute atomic E-state index is 0.0172. The first-order valence-corrected chi connectivity index (χ1v) is 8.64. The van der Waals surface area contributed by atoms with Crippen LogP contribution in [0.25, 0.3) is 0 Å². The van der Waals surface area contributed by atoms with Gasteiger partial charge in [-0.1, -0.05) is 40.9 Å². The molecule has 7 heteroatoms. The van der Waals surface area contributed by atoms with Gasteiger partial charge in [-0.05, 0) is 36.4 Å². The number of H-pyrrole nitrogens is 1. The second-order valence-corrected chi connectivity index (χ2v) is 6.89. The van der Waals surface area contributed by atoms with Crippen LogP contribution in [0.2, 0.25) is 15.1 Å². The van der Waals surface area contributed by atoms with Crippen LogP contribution in [0, 0.1) is 0 Å². The Morgan fingerprint density at radius 2 is 1.76 bits per heavy atom. The Hall–Kier alpha value is -1.72. The van der Waals surface area contributed by atoms with E-state index in [-0.39, 0.29) is 13.0 Å². The molecule has 1 atom stereocenters. The van der Waals surface area contributed by atoms with Crippen LogP contribution in [0.15, 0.2) is 54.9 Å². The van der Waals surface area contributed by atoms with E-state index in [0.29, 0.717) is 32.2 Å². The van der Waals surface area contributed by atoms with Crippen molar-refractivity contribution < 1.29 is 9.84 Å². The molecule has 0 radical (unpaired) electrons. The van der Waals surface area contributed by atoms with Crippen LogP contribution < -0.4 is 4.74 Å². The molecule has 4 nitrogen and oxygen atoms in total. The zero-order valence-electron chi connectivity index (χ0n) is 13.0. The van der Waals surface area contributed by atoms with Crippen LogP contribution in [0.4, 0.5) is 0 Å². The van der Waals surface area contributed by atoms with Crippen molar-refractivity contribution in [1.82, 2.24) is 9.97 Å². The third-order valence-corrected chi connectivity index (χ3v) is 4.54. The van der Waals surface area contributed by atoms with Gasteiger partial charge in [0.15, 0.2) is 0 Å². The van der Waals surface area contributed by atoms with Crippen molar-refractivity contribution >= 4 is 34.8 Å². The normalized spacial score (nSPS) is 13.4. The maximum Gasteiger partial charge on any atom is 0.132 e. The number of nitrogens with one attached hydrogen (secondary N) is 1. The lowest BCUT2D eigenvalue weighted by Gasteiger charge is -2.29. The molecule has 3 aromatic rings. The van der Waals surface area contributed by atoms with E-state index >= 15 is 0 Å². The average molecular weight is 398 g/mol. The molecule has 2 aromatic carbocycles. The predicted molar refractivity (Wildman–Crippen MR) is 99.6 cm³/mol. The Balaban J connectivity index is 1.89. The topological polar surface area (TPSA) is 58.1 Å². The van der Waals surface area contributed by atoms with Gasteiger partial charge in [-0.3, -0.25) is 0 Å². The van der Waals surface area contributed by atoms with Crippen molar-refractivity contribution in [2.24, 2.45) is 0 Å². The van der Waals surface area contributed by atoms with Gasteiger partial charge in [0.1, 0.15) is 23.8 Å². The van der Waals surface area contributed by atoms with Gasteiger partial charge in [0, 0.05) is 39.4 Å². The van der Waals surface area contributed by atoms with E-state index in [1.54, 1.807) is 54.9 Å². The van der Waals surface area contributed by atoms with Gasteiger partial charge in [0.25, 0.3) is 0 Å². The molecule has 0 saturated carbocycles. The SMILES string of the molecule is OC(COc1ccc(Cl)cc1)(Cc1ncc[nH]1)c1ccc(Cl)cc1Cl. The highest BCUT2D eigenvalue weighted by Gasteiger charge is 2.34. The molecule has 0 aliphatic rings. The molecule has 0 aliphatic heterocycles. The Kier molecular flexibility index (Phi) is 5.54. The third kappa shape index (κ3) is 4.47. The number of aliphatic hydroxyl groups is 1. The van der Waals surface area contributed by atoms with Crippen LogP contribution in [-0.2, 0) is 12.0 Å². The number of hydrogen-bond acceptors (Lipinski definition) is 3. The Morgan fingerprint density at radius 1 is 1.04 bits per heavy atom. The summed E-state index contributed by atoms with van der Waals surface area (Å²) in [6.07, 6.45) is 3.52. The summed E-state index contributed by atoms with van der Waals surface area (Å²) in [6, 6.07) is 11.9. The van der Waals surface area contributed by atoms with Crippen molar-refractivity contribution in [1.29, 1.82) is 0 Å². The van der Waals surface area contributed by atoms with Crippen molar-refractivity contribution in [2.45, 2.75) is 12.0 Å². The third-order valence-electron chi connectivity index (χ3n) is 3.74.